The molecule has 21 heavy (non-hydrogen) atoms. The van der Waals surface area contributed by atoms with Gasteiger partial charge in [-0.15, -0.1) is 29.8 Å². The fourth-order valence-electron chi connectivity index (χ4n) is 1.40. The standard InChI is InChI=1S/C11H7BrN.C5H8O2.Ir/c12-10-5-3-4-9(8-10)11-6-1-2-7-13-11;1-4(6)3-5(2)7;/h1-3,5-8H;3,6H,1-2H3;/q-1;;. The van der Waals surface area contributed by atoms with Crippen LogP contribution < -0.4 is 0 Å². The van der Waals surface area contributed by atoms with Gasteiger partial charge in [-0.3, -0.25) is 4.79 Å². The number of aliphatic hydroxyl groups is 1. The second-order valence-electron chi connectivity index (χ2n) is 4.03. The summed E-state index contributed by atoms with van der Waals surface area (Å²) in [6, 6.07) is 14.8. The average Bonchev–Trinajstić information content (AvgIpc) is 2.39. The monoisotopic (exact) mass is 525 g/mol. The molecule has 5 heteroatoms. The zero-order valence-electron chi connectivity index (χ0n) is 11.6. The molecule has 0 saturated heterocycles. The van der Waals surface area contributed by atoms with Crippen molar-refractivity contribution in [2.75, 3.05) is 0 Å². The van der Waals surface area contributed by atoms with Crippen molar-refractivity contribution in [1.82, 2.24) is 4.98 Å². The molecule has 1 aromatic carbocycles. The van der Waals surface area contributed by atoms with Gasteiger partial charge >= 0.3 is 0 Å². The third-order valence-corrected chi connectivity index (χ3v) is 2.61. The number of carbonyl (C=O) groups excluding carboxylic acids is 1. The van der Waals surface area contributed by atoms with Gasteiger partial charge in [0.15, 0.2) is 5.78 Å². The van der Waals surface area contributed by atoms with Crippen LogP contribution in [0, 0.1) is 6.07 Å². The minimum absolute atomic E-state index is 0. The fourth-order valence-corrected chi connectivity index (χ4v) is 1.76. The number of nitrogens with zero attached hydrogens (tertiary/aromatic N) is 1. The molecule has 0 aliphatic carbocycles. The number of ketones is 1. The molecule has 1 N–H and O–H groups in total. The Morgan fingerprint density at radius 3 is 2.48 bits per heavy atom. The van der Waals surface area contributed by atoms with E-state index in [9.17, 15) is 4.79 Å². The van der Waals surface area contributed by atoms with Crippen LogP contribution >= 0.6 is 15.9 Å². The van der Waals surface area contributed by atoms with Gasteiger partial charge in [-0.1, -0.05) is 32.5 Å². The molecule has 0 aliphatic heterocycles. The van der Waals surface area contributed by atoms with Crippen LogP contribution in [-0.2, 0) is 24.9 Å². The number of pyridine rings is 1. The van der Waals surface area contributed by atoms with Crippen molar-refractivity contribution in [2.45, 2.75) is 13.8 Å². The van der Waals surface area contributed by atoms with Gasteiger partial charge in [-0.2, -0.15) is 0 Å². The Hall–Kier alpha value is -1.29. The number of hydrogen-bond donors (Lipinski definition) is 1. The predicted octanol–water partition coefficient (Wildman–Crippen LogP) is 4.35. The van der Waals surface area contributed by atoms with Crippen LogP contribution in [0.1, 0.15) is 13.8 Å². The van der Waals surface area contributed by atoms with Crippen LogP contribution in [0.25, 0.3) is 11.3 Å². The van der Waals surface area contributed by atoms with Gasteiger partial charge in [0.1, 0.15) is 0 Å². The summed E-state index contributed by atoms with van der Waals surface area (Å²) in [5.74, 6) is -0.0625. The van der Waals surface area contributed by atoms with Crippen molar-refractivity contribution in [2.24, 2.45) is 0 Å². The summed E-state index contributed by atoms with van der Waals surface area (Å²) in [4.78, 5) is 14.3. The molecule has 113 valence electrons. The van der Waals surface area contributed by atoms with E-state index in [2.05, 4.69) is 27.0 Å². The summed E-state index contributed by atoms with van der Waals surface area (Å²) < 4.78 is 1.05. The number of aromatic nitrogens is 1. The number of aliphatic hydroxyl groups excluding tert-OH is 1. The minimum Gasteiger partial charge on any atom is -0.512 e. The Labute approximate surface area is 146 Å². The summed E-state index contributed by atoms with van der Waals surface area (Å²) in [5.41, 5.74) is 1.96. The molecule has 0 unspecified atom stereocenters. The molecule has 0 spiro atoms. The first-order valence-corrected chi connectivity index (χ1v) is 6.75. The molecule has 1 heterocycles. The quantitative estimate of drug-likeness (QED) is 0.361. The topological polar surface area (TPSA) is 50.2 Å². The molecule has 2 rings (SSSR count). The van der Waals surface area contributed by atoms with Crippen molar-refractivity contribution in [1.29, 1.82) is 0 Å². The molecule has 0 amide bonds. The van der Waals surface area contributed by atoms with Crippen molar-refractivity contribution in [3.05, 3.63) is 65.0 Å². The fraction of sp³-hybridized carbons (Fsp3) is 0.125. The number of allylic oxidation sites excluding steroid dienone is 2. The number of halogens is 1. The van der Waals surface area contributed by atoms with E-state index in [1.165, 1.54) is 19.9 Å². The predicted molar refractivity (Wildman–Crippen MR) is 83.3 cm³/mol. The SMILES string of the molecule is Brc1cc[c-]c(-c2ccccn2)c1.CC(=O)C=C(C)O.[Ir]. The number of benzene rings is 1. The van der Waals surface area contributed by atoms with Crippen molar-refractivity contribution < 1.29 is 30.0 Å². The summed E-state index contributed by atoms with van der Waals surface area (Å²) in [6.45, 7) is 2.85. The van der Waals surface area contributed by atoms with E-state index in [0.717, 1.165) is 15.7 Å². The van der Waals surface area contributed by atoms with Gasteiger partial charge in [0.25, 0.3) is 0 Å². The molecule has 0 fully saturated rings. The first kappa shape index (κ1) is 19.7. The normalized spacial score (nSPS) is 9.95. The Morgan fingerprint density at radius 1 is 1.33 bits per heavy atom. The van der Waals surface area contributed by atoms with Crippen molar-refractivity contribution >= 4 is 21.7 Å². The molecular weight excluding hydrogens is 510 g/mol. The zero-order valence-corrected chi connectivity index (χ0v) is 15.6. The van der Waals surface area contributed by atoms with Crippen LogP contribution in [0.2, 0.25) is 0 Å². The van der Waals surface area contributed by atoms with Gasteiger partial charge in [0.05, 0.1) is 5.76 Å². The van der Waals surface area contributed by atoms with E-state index >= 15 is 0 Å². The summed E-state index contributed by atoms with van der Waals surface area (Å²) in [6.07, 6.45) is 2.95. The second-order valence-corrected chi connectivity index (χ2v) is 4.95. The third-order valence-electron chi connectivity index (χ3n) is 2.12. The Balaban J connectivity index is 0.000000436. The minimum atomic E-state index is -0.125. The molecule has 2 aromatic rings. The molecule has 0 saturated carbocycles. The van der Waals surface area contributed by atoms with E-state index in [1.807, 2.05) is 36.4 Å². The van der Waals surface area contributed by atoms with E-state index in [-0.39, 0.29) is 31.6 Å². The smallest absolute Gasteiger partial charge is 0.155 e. The van der Waals surface area contributed by atoms with E-state index in [1.54, 1.807) is 6.20 Å². The first-order chi connectivity index (χ1) is 9.49. The van der Waals surface area contributed by atoms with Gasteiger partial charge in [-0.25, -0.2) is 0 Å². The summed E-state index contributed by atoms with van der Waals surface area (Å²) in [5, 5.41) is 8.36. The molecule has 1 radical (unpaired) electrons. The Bertz CT molecular complexity index is 596. The molecule has 0 bridgehead atoms. The molecule has 0 atom stereocenters. The molecular formula is C16H15BrIrNO2-. The first-order valence-electron chi connectivity index (χ1n) is 5.95. The van der Waals surface area contributed by atoms with Gasteiger partial charge < -0.3 is 10.1 Å². The number of carbonyl (C=O) groups is 1. The van der Waals surface area contributed by atoms with E-state index in [0.29, 0.717) is 0 Å². The maximum Gasteiger partial charge on any atom is 0.155 e. The molecule has 1 aromatic heterocycles. The van der Waals surface area contributed by atoms with Crippen LogP contribution in [0.3, 0.4) is 0 Å². The summed E-state index contributed by atoms with van der Waals surface area (Å²) >= 11 is 3.41. The average molecular weight is 525 g/mol. The van der Waals surface area contributed by atoms with Crippen LogP contribution in [0.15, 0.2) is 58.9 Å². The Morgan fingerprint density at radius 2 is 2.05 bits per heavy atom. The van der Waals surface area contributed by atoms with Gasteiger partial charge in [0, 0.05) is 32.4 Å². The maximum absolute atomic E-state index is 10.0. The summed E-state index contributed by atoms with van der Waals surface area (Å²) in [7, 11) is 0. The maximum atomic E-state index is 10.0. The van der Waals surface area contributed by atoms with E-state index < -0.39 is 0 Å². The zero-order chi connectivity index (χ0) is 15.0. The largest absolute Gasteiger partial charge is 0.512 e. The Kier molecular flexibility index (Phi) is 9.80. The van der Waals surface area contributed by atoms with Crippen molar-refractivity contribution in [3.63, 3.8) is 0 Å². The molecule has 0 aliphatic rings. The van der Waals surface area contributed by atoms with Crippen LogP contribution in [0.4, 0.5) is 0 Å². The van der Waals surface area contributed by atoms with Gasteiger partial charge in [0.2, 0.25) is 0 Å². The van der Waals surface area contributed by atoms with Crippen molar-refractivity contribution in [3.8, 4) is 11.3 Å². The number of hydrogen-bond acceptors (Lipinski definition) is 3. The van der Waals surface area contributed by atoms with Crippen LogP contribution in [0.5, 0.6) is 0 Å². The third kappa shape index (κ3) is 8.56. The number of rotatable bonds is 2. The van der Waals surface area contributed by atoms with Gasteiger partial charge in [-0.05, 0) is 25.6 Å². The second kappa shape index (κ2) is 10.4. The van der Waals surface area contributed by atoms with E-state index in [4.69, 9.17) is 5.11 Å². The van der Waals surface area contributed by atoms with Crippen LogP contribution in [-0.4, -0.2) is 15.9 Å². The molecule has 3 nitrogen and oxygen atoms in total.